The summed E-state index contributed by atoms with van der Waals surface area (Å²) >= 11 is 1.71. The molecule has 0 aliphatic carbocycles. The summed E-state index contributed by atoms with van der Waals surface area (Å²) in [7, 11) is 0. The Hall–Kier alpha value is -2.42. The maximum Gasteiger partial charge on any atom is 0.409 e. The summed E-state index contributed by atoms with van der Waals surface area (Å²) in [5, 5.41) is 4.37. The SMILES string of the molecule is CCOC(=O)N1CCC(NC(=O)C2CCN(c3ncnc4sc(C)c(C)c34)CC2)CC1. The van der Waals surface area contributed by atoms with Crippen molar-refractivity contribution >= 4 is 39.4 Å². The Labute approximate surface area is 187 Å². The van der Waals surface area contributed by atoms with Crippen molar-refractivity contribution in [2.75, 3.05) is 37.7 Å². The molecule has 2 aromatic heterocycles. The molecule has 9 heteroatoms. The summed E-state index contributed by atoms with van der Waals surface area (Å²) in [5.74, 6) is 1.17. The van der Waals surface area contributed by atoms with E-state index in [2.05, 4.69) is 34.0 Å². The van der Waals surface area contributed by atoms with E-state index in [1.165, 1.54) is 10.4 Å². The first-order valence-corrected chi connectivity index (χ1v) is 12.0. The average Bonchev–Trinajstić information content (AvgIpc) is 3.08. The first kappa shape index (κ1) is 21.8. The van der Waals surface area contributed by atoms with Crippen LogP contribution in [0.25, 0.3) is 10.2 Å². The van der Waals surface area contributed by atoms with Gasteiger partial charge in [0.15, 0.2) is 0 Å². The molecule has 0 atom stereocenters. The zero-order valence-electron chi connectivity index (χ0n) is 18.5. The van der Waals surface area contributed by atoms with E-state index in [1.54, 1.807) is 22.6 Å². The number of aromatic nitrogens is 2. The molecule has 0 bridgehead atoms. The minimum atomic E-state index is -0.255. The molecule has 4 rings (SSSR count). The van der Waals surface area contributed by atoms with Crippen molar-refractivity contribution in [2.45, 2.75) is 52.5 Å². The van der Waals surface area contributed by atoms with Gasteiger partial charge in [0.2, 0.25) is 5.91 Å². The number of fused-ring (bicyclic) bond motifs is 1. The van der Waals surface area contributed by atoms with Crippen LogP contribution >= 0.6 is 11.3 Å². The summed E-state index contributed by atoms with van der Waals surface area (Å²) in [4.78, 5) is 40.0. The molecule has 0 unspecified atom stereocenters. The second-order valence-electron chi connectivity index (χ2n) is 8.39. The van der Waals surface area contributed by atoms with Crippen molar-refractivity contribution in [3.63, 3.8) is 0 Å². The van der Waals surface area contributed by atoms with Gasteiger partial charge in [-0.05, 0) is 52.0 Å². The summed E-state index contributed by atoms with van der Waals surface area (Å²) < 4.78 is 5.06. The minimum absolute atomic E-state index is 0.0296. The van der Waals surface area contributed by atoms with Crippen LogP contribution in [0.1, 0.15) is 43.0 Å². The molecule has 0 spiro atoms. The molecule has 31 heavy (non-hydrogen) atoms. The molecule has 168 valence electrons. The fourth-order valence-electron chi connectivity index (χ4n) is 4.50. The Bertz CT molecular complexity index is 946. The summed E-state index contributed by atoms with van der Waals surface area (Å²) in [6, 6.07) is 0.133. The maximum absolute atomic E-state index is 12.8. The van der Waals surface area contributed by atoms with Crippen molar-refractivity contribution < 1.29 is 14.3 Å². The van der Waals surface area contributed by atoms with Gasteiger partial charge in [-0.1, -0.05) is 0 Å². The zero-order valence-corrected chi connectivity index (χ0v) is 19.3. The number of likely N-dealkylation sites (tertiary alicyclic amines) is 1. The van der Waals surface area contributed by atoms with Crippen LogP contribution in [0.5, 0.6) is 0 Å². The zero-order chi connectivity index (χ0) is 22.0. The number of carbonyl (C=O) groups excluding carboxylic acids is 2. The third-order valence-corrected chi connectivity index (χ3v) is 7.59. The van der Waals surface area contributed by atoms with Crippen LogP contribution in [0.4, 0.5) is 10.6 Å². The van der Waals surface area contributed by atoms with Crippen molar-refractivity contribution in [3.8, 4) is 0 Å². The molecule has 2 saturated heterocycles. The van der Waals surface area contributed by atoms with Crippen LogP contribution in [-0.4, -0.2) is 65.7 Å². The van der Waals surface area contributed by atoms with Crippen LogP contribution in [0.2, 0.25) is 0 Å². The first-order valence-electron chi connectivity index (χ1n) is 11.2. The van der Waals surface area contributed by atoms with Crippen LogP contribution in [-0.2, 0) is 9.53 Å². The third kappa shape index (κ3) is 4.61. The van der Waals surface area contributed by atoms with E-state index in [1.807, 2.05) is 6.92 Å². The average molecular weight is 446 g/mol. The number of anilines is 1. The molecular formula is C22H31N5O3S. The van der Waals surface area contributed by atoms with E-state index in [4.69, 9.17) is 4.74 Å². The number of ether oxygens (including phenoxy) is 1. The molecule has 0 aromatic carbocycles. The number of thiophene rings is 1. The Morgan fingerprint density at radius 1 is 1.13 bits per heavy atom. The smallest absolute Gasteiger partial charge is 0.409 e. The van der Waals surface area contributed by atoms with Gasteiger partial charge in [0.05, 0.1) is 12.0 Å². The van der Waals surface area contributed by atoms with E-state index in [0.29, 0.717) is 19.7 Å². The number of rotatable bonds is 4. The molecule has 2 amide bonds. The molecule has 0 radical (unpaired) electrons. The van der Waals surface area contributed by atoms with Gasteiger partial charge >= 0.3 is 6.09 Å². The quantitative estimate of drug-likeness (QED) is 0.777. The van der Waals surface area contributed by atoms with E-state index < -0.39 is 0 Å². The molecule has 8 nitrogen and oxygen atoms in total. The number of hydrogen-bond donors (Lipinski definition) is 1. The standard InChI is InChI=1S/C22H31N5O3S/c1-4-30-22(29)27-11-7-17(8-12-27)25-20(28)16-5-9-26(10-6-16)19-18-14(2)15(3)31-21(18)24-13-23-19/h13,16-17H,4-12H2,1-3H3,(H,25,28). The second kappa shape index (κ2) is 9.38. The van der Waals surface area contributed by atoms with E-state index in [-0.39, 0.29) is 24.0 Å². The van der Waals surface area contributed by atoms with Gasteiger partial charge in [0, 0.05) is 43.0 Å². The van der Waals surface area contributed by atoms with Gasteiger partial charge in [-0.2, -0.15) is 0 Å². The molecule has 2 fully saturated rings. The van der Waals surface area contributed by atoms with Gasteiger partial charge in [-0.25, -0.2) is 14.8 Å². The topological polar surface area (TPSA) is 87.7 Å². The van der Waals surface area contributed by atoms with E-state index >= 15 is 0 Å². The molecule has 2 aromatic rings. The van der Waals surface area contributed by atoms with Gasteiger partial charge in [-0.15, -0.1) is 11.3 Å². The fraction of sp³-hybridized carbons (Fsp3) is 0.636. The van der Waals surface area contributed by atoms with Crippen LogP contribution in [0.15, 0.2) is 6.33 Å². The van der Waals surface area contributed by atoms with Gasteiger partial charge < -0.3 is 19.9 Å². The van der Waals surface area contributed by atoms with Crippen LogP contribution in [0.3, 0.4) is 0 Å². The number of hydrogen-bond acceptors (Lipinski definition) is 7. The highest BCUT2D eigenvalue weighted by Gasteiger charge is 2.30. The molecule has 2 aliphatic heterocycles. The Morgan fingerprint density at radius 3 is 2.52 bits per heavy atom. The maximum atomic E-state index is 12.8. The Kier molecular flexibility index (Phi) is 6.60. The third-order valence-electron chi connectivity index (χ3n) is 6.48. The lowest BCUT2D eigenvalue weighted by molar-refractivity contribution is -0.126. The Morgan fingerprint density at radius 2 is 1.84 bits per heavy atom. The molecule has 1 N–H and O–H groups in total. The summed E-state index contributed by atoms with van der Waals surface area (Å²) in [6.45, 7) is 9.36. The monoisotopic (exact) mass is 445 g/mol. The van der Waals surface area contributed by atoms with Crippen molar-refractivity contribution in [1.29, 1.82) is 0 Å². The number of piperidine rings is 2. The fourth-order valence-corrected chi connectivity index (χ4v) is 5.49. The highest BCUT2D eigenvalue weighted by Crippen LogP contribution is 2.35. The second-order valence-corrected chi connectivity index (χ2v) is 9.59. The van der Waals surface area contributed by atoms with Crippen molar-refractivity contribution in [3.05, 3.63) is 16.8 Å². The van der Waals surface area contributed by atoms with Crippen molar-refractivity contribution in [1.82, 2.24) is 20.2 Å². The minimum Gasteiger partial charge on any atom is -0.450 e. The molecule has 4 heterocycles. The van der Waals surface area contributed by atoms with E-state index in [9.17, 15) is 9.59 Å². The number of nitrogens with zero attached hydrogens (tertiary/aromatic N) is 4. The van der Waals surface area contributed by atoms with Gasteiger partial charge in [0.1, 0.15) is 17.0 Å². The van der Waals surface area contributed by atoms with Gasteiger partial charge in [0.25, 0.3) is 0 Å². The lowest BCUT2D eigenvalue weighted by atomic mass is 9.94. The Balaban J connectivity index is 1.30. The molecular weight excluding hydrogens is 414 g/mol. The highest BCUT2D eigenvalue weighted by molar-refractivity contribution is 7.18. The molecule has 0 saturated carbocycles. The normalized spacial score (nSPS) is 18.4. The largest absolute Gasteiger partial charge is 0.450 e. The molecule has 2 aliphatic rings. The predicted molar refractivity (Wildman–Crippen MR) is 122 cm³/mol. The van der Waals surface area contributed by atoms with Crippen LogP contribution in [0, 0.1) is 19.8 Å². The van der Waals surface area contributed by atoms with Crippen molar-refractivity contribution in [2.24, 2.45) is 5.92 Å². The lowest BCUT2D eigenvalue weighted by Crippen LogP contribution is -2.49. The first-order chi connectivity index (χ1) is 15.0. The summed E-state index contributed by atoms with van der Waals surface area (Å²) in [6.07, 6.45) is 4.59. The predicted octanol–water partition coefficient (Wildman–Crippen LogP) is 3.26. The number of nitrogens with one attached hydrogen (secondary N) is 1. The highest BCUT2D eigenvalue weighted by atomic mass is 32.1. The lowest BCUT2D eigenvalue weighted by Gasteiger charge is -2.35. The number of aryl methyl sites for hydroxylation is 2. The number of carbonyl (C=O) groups is 2. The summed E-state index contributed by atoms with van der Waals surface area (Å²) in [5.41, 5.74) is 1.25. The van der Waals surface area contributed by atoms with E-state index in [0.717, 1.165) is 54.8 Å². The van der Waals surface area contributed by atoms with Gasteiger partial charge in [-0.3, -0.25) is 4.79 Å². The van der Waals surface area contributed by atoms with Crippen LogP contribution < -0.4 is 10.2 Å². The number of amides is 2.